The number of nitrogens with zero attached hydrogens (tertiary/aromatic N) is 1. The van der Waals surface area contributed by atoms with Gasteiger partial charge in [0, 0.05) is 6.54 Å². The summed E-state index contributed by atoms with van der Waals surface area (Å²) in [6, 6.07) is 9.49. The average molecular weight is 329 g/mol. The molecule has 21 heavy (non-hydrogen) atoms. The summed E-state index contributed by atoms with van der Waals surface area (Å²) >= 11 is 5.80. The first-order valence-corrected chi connectivity index (χ1v) is 8.01. The fourth-order valence-electron chi connectivity index (χ4n) is 1.93. The summed E-state index contributed by atoms with van der Waals surface area (Å²) < 4.78 is 39.7. The second-order valence-corrected chi connectivity index (χ2v) is 6.60. The zero-order valence-electron chi connectivity index (χ0n) is 11.3. The van der Waals surface area contributed by atoms with E-state index in [0.29, 0.717) is 0 Å². The molecule has 2 rings (SSSR count). The van der Waals surface area contributed by atoms with Crippen LogP contribution in [0.15, 0.2) is 47.4 Å². The molecule has 2 N–H and O–H groups in total. The van der Waals surface area contributed by atoms with Gasteiger partial charge in [0.1, 0.15) is 5.82 Å². The van der Waals surface area contributed by atoms with E-state index in [-0.39, 0.29) is 27.8 Å². The van der Waals surface area contributed by atoms with Gasteiger partial charge in [-0.15, -0.1) is 0 Å². The van der Waals surface area contributed by atoms with Gasteiger partial charge in [0.15, 0.2) is 0 Å². The Balaban J connectivity index is 2.51. The molecule has 0 aromatic heterocycles. The number of benzene rings is 2. The van der Waals surface area contributed by atoms with Crippen molar-refractivity contribution < 1.29 is 12.8 Å². The highest BCUT2D eigenvalue weighted by molar-refractivity contribution is 7.92. The Kier molecular flexibility index (Phi) is 4.39. The molecule has 0 atom stereocenters. The van der Waals surface area contributed by atoms with Crippen molar-refractivity contribution in [3.05, 3.63) is 53.3 Å². The van der Waals surface area contributed by atoms with Crippen molar-refractivity contribution >= 4 is 33.0 Å². The molecule has 2 aromatic rings. The summed E-state index contributed by atoms with van der Waals surface area (Å²) in [5, 5.41) is 0.280. The maximum atomic E-state index is 13.3. The van der Waals surface area contributed by atoms with Gasteiger partial charge in [0.25, 0.3) is 10.0 Å². The molecule has 112 valence electrons. The van der Waals surface area contributed by atoms with Gasteiger partial charge >= 0.3 is 0 Å². The summed E-state index contributed by atoms with van der Waals surface area (Å²) in [6.07, 6.45) is 0. The van der Waals surface area contributed by atoms with Gasteiger partial charge in [-0.3, -0.25) is 4.31 Å². The third kappa shape index (κ3) is 3.11. The predicted molar refractivity (Wildman–Crippen MR) is 82.5 cm³/mol. The smallest absolute Gasteiger partial charge is 0.264 e. The lowest BCUT2D eigenvalue weighted by Crippen LogP contribution is -2.30. The minimum atomic E-state index is -3.83. The summed E-state index contributed by atoms with van der Waals surface area (Å²) in [4.78, 5) is 0.00973. The number of anilines is 2. The van der Waals surface area contributed by atoms with Crippen LogP contribution in [0.2, 0.25) is 5.02 Å². The fourth-order valence-corrected chi connectivity index (χ4v) is 3.55. The molecule has 0 aliphatic carbocycles. The normalized spacial score (nSPS) is 11.4. The number of halogens is 2. The molecular weight excluding hydrogens is 315 g/mol. The van der Waals surface area contributed by atoms with Gasteiger partial charge in [-0.2, -0.15) is 0 Å². The molecule has 0 bridgehead atoms. The summed E-state index contributed by atoms with van der Waals surface area (Å²) in [5.74, 6) is -0.503. The van der Waals surface area contributed by atoms with Gasteiger partial charge in [-0.1, -0.05) is 17.7 Å². The van der Waals surface area contributed by atoms with Crippen LogP contribution in [0, 0.1) is 5.82 Å². The van der Waals surface area contributed by atoms with E-state index in [4.69, 9.17) is 17.3 Å². The molecular formula is C14H14ClFN2O2S. The Labute approximate surface area is 128 Å². The predicted octanol–water partition coefficient (Wildman–Crippen LogP) is 3.28. The molecule has 4 nitrogen and oxygen atoms in total. The first kappa shape index (κ1) is 15.6. The topological polar surface area (TPSA) is 63.4 Å². The van der Waals surface area contributed by atoms with Crippen LogP contribution in [0.25, 0.3) is 0 Å². The monoisotopic (exact) mass is 328 g/mol. The molecule has 0 aliphatic heterocycles. The van der Waals surface area contributed by atoms with E-state index in [1.807, 2.05) is 0 Å². The average Bonchev–Trinajstić information content (AvgIpc) is 2.42. The van der Waals surface area contributed by atoms with Gasteiger partial charge in [-0.25, -0.2) is 12.8 Å². The van der Waals surface area contributed by atoms with E-state index in [0.717, 1.165) is 4.31 Å². The van der Waals surface area contributed by atoms with Crippen LogP contribution in [-0.4, -0.2) is 15.0 Å². The second kappa shape index (κ2) is 5.91. The van der Waals surface area contributed by atoms with Crippen molar-refractivity contribution in [2.45, 2.75) is 11.8 Å². The second-order valence-electron chi connectivity index (χ2n) is 4.33. The lowest BCUT2D eigenvalue weighted by atomic mass is 10.3. The van der Waals surface area contributed by atoms with Crippen molar-refractivity contribution in [2.24, 2.45) is 0 Å². The Bertz CT molecular complexity index is 765. The minimum Gasteiger partial charge on any atom is -0.397 e. The van der Waals surface area contributed by atoms with E-state index >= 15 is 0 Å². The Hall–Kier alpha value is -1.79. The van der Waals surface area contributed by atoms with E-state index in [2.05, 4.69) is 0 Å². The van der Waals surface area contributed by atoms with Gasteiger partial charge in [0.05, 0.1) is 21.3 Å². The van der Waals surface area contributed by atoms with E-state index in [9.17, 15) is 12.8 Å². The van der Waals surface area contributed by atoms with E-state index < -0.39 is 15.8 Å². The van der Waals surface area contributed by atoms with Crippen LogP contribution >= 0.6 is 11.6 Å². The molecule has 0 heterocycles. The van der Waals surface area contributed by atoms with Crippen molar-refractivity contribution in [3.63, 3.8) is 0 Å². The van der Waals surface area contributed by atoms with Gasteiger partial charge in [0.2, 0.25) is 0 Å². The standard InChI is InChI=1S/C14H14ClFN2O2S/c1-2-18(11-5-3-4-10(16)8-11)21(19,20)12-6-7-13(15)14(17)9-12/h3-9H,2,17H2,1H3. The lowest BCUT2D eigenvalue weighted by Gasteiger charge is -2.23. The summed E-state index contributed by atoms with van der Waals surface area (Å²) in [5.41, 5.74) is 6.08. The molecule has 0 aliphatic rings. The first-order valence-electron chi connectivity index (χ1n) is 6.19. The van der Waals surface area contributed by atoms with Crippen LogP contribution in [0.4, 0.5) is 15.8 Å². The lowest BCUT2D eigenvalue weighted by molar-refractivity contribution is 0.591. The van der Waals surface area contributed by atoms with Crippen molar-refractivity contribution in [3.8, 4) is 0 Å². The van der Waals surface area contributed by atoms with Crippen LogP contribution in [0.1, 0.15) is 6.92 Å². The molecule has 0 amide bonds. The molecule has 0 saturated carbocycles. The van der Waals surface area contributed by atoms with Crippen molar-refractivity contribution in [1.29, 1.82) is 0 Å². The summed E-state index contributed by atoms with van der Waals surface area (Å²) in [7, 11) is -3.83. The Morgan fingerprint density at radius 3 is 2.52 bits per heavy atom. The van der Waals surface area contributed by atoms with Crippen LogP contribution in [0.3, 0.4) is 0 Å². The van der Waals surface area contributed by atoms with E-state index in [1.165, 1.54) is 42.5 Å². The largest absolute Gasteiger partial charge is 0.397 e. The van der Waals surface area contributed by atoms with Crippen LogP contribution in [0.5, 0.6) is 0 Å². The highest BCUT2D eigenvalue weighted by atomic mass is 35.5. The molecule has 7 heteroatoms. The highest BCUT2D eigenvalue weighted by Crippen LogP contribution is 2.27. The van der Waals surface area contributed by atoms with Crippen molar-refractivity contribution in [1.82, 2.24) is 0 Å². The van der Waals surface area contributed by atoms with Gasteiger partial charge < -0.3 is 5.73 Å². The Morgan fingerprint density at radius 2 is 1.95 bits per heavy atom. The quantitative estimate of drug-likeness (QED) is 0.876. The molecule has 2 aromatic carbocycles. The minimum absolute atomic E-state index is 0.00973. The number of rotatable bonds is 4. The molecule has 0 saturated heterocycles. The number of sulfonamides is 1. The first-order chi connectivity index (χ1) is 9.86. The highest BCUT2D eigenvalue weighted by Gasteiger charge is 2.24. The zero-order chi connectivity index (χ0) is 15.6. The van der Waals surface area contributed by atoms with E-state index in [1.54, 1.807) is 6.92 Å². The van der Waals surface area contributed by atoms with Crippen LogP contribution < -0.4 is 10.0 Å². The molecule has 0 unspecified atom stereocenters. The van der Waals surface area contributed by atoms with Gasteiger partial charge in [-0.05, 0) is 43.3 Å². The number of nitrogens with two attached hydrogens (primary N) is 1. The van der Waals surface area contributed by atoms with Crippen LogP contribution in [-0.2, 0) is 10.0 Å². The number of hydrogen-bond acceptors (Lipinski definition) is 3. The molecule has 0 fully saturated rings. The maximum absolute atomic E-state index is 13.3. The Morgan fingerprint density at radius 1 is 1.24 bits per heavy atom. The SMILES string of the molecule is CCN(c1cccc(F)c1)S(=O)(=O)c1ccc(Cl)c(N)c1. The third-order valence-corrected chi connectivity index (χ3v) is 5.18. The zero-order valence-corrected chi connectivity index (χ0v) is 12.8. The molecule has 0 spiro atoms. The summed E-state index contributed by atoms with van der Waals surface area (Å²) in [6.45, 7) is 1.83. The third-order valence-electron chi connectivity index (χ3n) is 2.94. The van der Waals surface area contributed by atoms with Crippen molar-refractivity contribution in [2.75, 3.05) is 16.6 Å². The number of nitrogen functional groups attached to an aromatic ring is 1. The fraction of sp³-hybridized carbons (Fsp3) is 0.143. The maximum Gasteiger partial charge on any atom is 0.264 e. The number of hydrogen-bond donors (Lipinski definition) is 1. The molecule has 0 radical (unpaired) electrons.